The largest absolute Gasteiger partial charge is 0.315 e. The third kappa shape index (κ3) is 3.95. The summed E-state index contributed by atoms with van der Waals surface area (Å²) in [6.07, 6.45) is 2.65. The van der Waals surface area contributed by atoms with Crippen LogP contribution in [0.15, 0.2) is 23.1 Å². The van der Waals surface area contributed by atoms with Gasteiger partial charge in [-0.1, -0.05) is 19.9 Å². The Morgan fingerprint density at radius 3 is 2.50 bits per heavy atom. The third-order valence-corrected chi connectivity index (χ3v) is 5.15. The highest BCUT2D eigenvalue weighted by Crippen LogP contribution is 2.18. The first-order valence-corrected chi connectivity index (χ1v) is 8.40. The van der Waals surface area contributed by atoms with Crippen molar-refractivity contribution in [2.45, 2.75) is 44.0 Å². The van der Waals surface area contributed by atoms with E-state index in [1.807, 2.05) is 12.1 Å². The van der Waals surface area contributed by atoms with Gasteiger partial charge in [0.25, 0.3) is 0 Å². The van der Waals surface area contributed by atoms with Gasteiger partial charge >= 0.3 is 0 Å². The maximum absolute atomic E-state index is 12.3. The molecule has 0 spiro atoms. The van der Waals surface area contributed by atoms with E-state index in [1.54, 1.807) is 6.07 Å². The molecule has 1 fully saturated rings. The number of hydrogen-bond donors (Lipinski definition) is 2. The van der Waals surface area contributed by atoms with Crippen molar-refractivity contribution in [3.05, 3.63) is 29.3 Å². The van der Waals surface area contributed by atoms with Crippen molar-refractivity contribution >= 4 is 22.4 Å². The lowest BCUT2D eigenvalue weighted by molar-refractivity contribution is 0.560. The molecule has 1 aromatic carbocycles. The van der Waals surface area contributed by atoms with Gasteiger partial charge in [-0.2, -0.15) is 0 Å². The number of nitrogens with one attached hydrogen (secondary N) is 2. The molecule has 4 nitrogen and oxygen atoms in total. The smallest absolute Gasteiger partial charge is 0.240 e. The molecule has 0 radical (unpaired) electrons. The average molecular weight is 319 g/mol. The Hall–Kier alpha value is -0.620. The van der Waals surface area contributed by atoms with Gasteiger partial charge in [-0.15, -0.1) is 12.4 Å². The van der Waals surface area contributed by atoms with E-state index >= 15 is 0 Å². The quantitative estimate of drug-likeness (QED) is 0.871. The lowest BCUT2D eigenvalue weighted by Crippen LogP contribution is -2.36. The van der Waals surface area contributed by atoms with Gasteiger partial charge < -0.3 is 5.32 Å². The molecule has 1 saturated heterocycles. The number of rotatable bonds is 5. The van der Waals surface area contributed by atoms with Crippen molar-refractivity contribution in [3.8, 4) is 0 Å². The van der Waals surface area contributed by atoms with E-state index in [4.69, 9.17) is 0 Å². The highest BCUT2D eigenvalue weighted by molar-refractivity contribution is 7.89. The third-order valence-electron chi connectivity index (χ3n) is 3.63. The Labute approximate surface area is 127 Å². The maximum Gasteiger partial charge on any atom is 0.240 e. The number of sulfonamides is 1. The van der Waals surface area contributed by atoms with E-state index in [9.17, 15) is 8.42 Å². The fourth-order valence-corrected chi connectivity index (χ4v) is 3.81. The summed E-state index contributed by atoms with van der Waals surface area (Å²) in [7, 11) is -3.39. The molecule has 0 amide bonds. The van der Waals surface area contributed by atoms with Crippen LogP contribution in [0.5, 0.6) is 0 Å². The second kappa shape index (κ2) is 7.41. The summed E-state index contributed by atoms with van der Waals surface area (Å²) in [4.78, 5) is 0.383. The molecule has 1 heterocycles. The minimum absolute atomic E-state index is 0. The number of benzene rings is 1. The molecule has 0 aromatic heterocycles. The molecule has 1 aromatic rings. The van der Waals surface area contributed by atoms with Gasteiger partial charge in [0.1, 0.15) is 0 Å². The van der Waals surface area contributed by atoms with Crippen molar-refractivity contribution in [1.29, 1.82) is 0 Å². The van der Waals surface area contributed by atoms with Crippen LogP contribution < -0.4 is 10.0 Å². The standard InChI is InChI=1S/C14H22N2O2S.ClH/c1-3-11-5-6-14(9-12(11)4-2)19(17,18)16-13-7-8-15-10-13;/h5-6,9,13,15-16H,3-4,7-8,10H2,1-2H3;1H. The fraction of sp³-hybridized carbons (Fsp3) is 0.571. The lowest BCUT2D eigenvalue weighted by atomic mass is 10.0. The van der Waals surface area contributed by atoms with E-state index in [1.165, 1.54) is 5.56 Å². The van der Waals surface area contributed by atoms with Crippen LogP contribution >= 0.6 is 12.4 Å². The van der Waals surface area contributed by atoms with Crippen LogP contribution in [0.4, 0.5) is 0 Å². The van der Waals surface area contributed by atoms with E-state index in [0.29, 0.717) is 11.4 Å². The number of hydrogen-bond acceptors (Lipinski definition) is 3. The molecule has 0 saturated carbocycles. The molecule has 20 heavy (non-hydrogen) atoms. The number of halogens is 1. The van der Waals surface area contributed by atoms with Gasteiger partial charge in [0.15, 0.2) is 0 Å². The summed E-state index contributed by atoms with van der Waals surface area (Å²) in [5.74, 6) is 0. The lowest BCUT2D eigenvalue weighted by Gasteiger charge is -2.14. The van der Waals surface area contributed by atoms with Crippen LogP contribution in [0.25, 0.3) is 0 Å². The first-order valence-electron chi connectivity index (χ1n) is 6.91. The van der Waals surface area contributed by atoms with E-state index < -0.39 is 10.0 Å². The zero-order valence-corrected chi connectivity index (χ0v) is 13.6. The van der Waals surface area contributed by atoms with Gasteiger partial charge in [0.05, 0.1) is 4.90 Å². The Kier molecular flexibility index (Phi) is 6.45. The zero-order chi connectivity index (χ0) is 13.9. The zero-order valence-electron chi connectivity index (χ0n) is 12.0. The van der Waals surface area contributed by atoms with Crippen LogP contribution in [-0.2, 0) is 22.9 Å². The predicted molar refractivity (Wildman–Crippen MR) is 84.0 cm³/mol. The van der Waals surface area contributed by atoms with Crippen LogP contribution in [0.1, 0.15) is 31.4 Å². The molecule has 1 unspecified atom stereocenters. The first kappa shape index (κ1) is 17.4. The van der Waals surface area contributed by atoms with Crippen molar-refractivity contribution < 1.29 is 8.42 Å². The van der Waals surface area contributed by atoms with Gasteiger partial charge in [-0.25, -0.2) is 13.1 Å². The molecular weight excluding hydrogens is 296 g/mol. The van der Waals surface area contributed by atoms with E-state index in [2.05, 4.69) is 23.9 Å². The maximum atomic E-state index is 12.3. The monoisotopic (exact) mass is 318 g/mol. The van der Waals surface area contributed by atoms with Crippen LogP contribution in [-0.4, -0.2) is 27.5 Å². The normalized spacial score (nSPS) is 18.8. The van der Waals surface area contributed by atoms with Gasteiger partial charge in [-0.05, 0) is 49.1 Å². The highest BCUT2D eigenvalue weighted by atomic mass is 35.5. The second-order valence-electron chi connectivity index (χ2n) is 4.95. The minimum Gasteiger partial charge on any atom is -0.315 e. The molecule has 6 heteroatoms. The molecule has 2 N–H and O–H groups in total. The van der Waals surface area contributed by atoms with E-state index in [0.717, 1.165) is 31.4 Å². The second-order valence-corrected chi connectivity index (χ2v) is 6.66. The molecule has 0 bridgehead atoms. The fourth-order valence-electron chi connectivity index (χ4n) is 2.49. The molecule has 114 valence electrons. The van der Waals surface area contributed by atoms with Gasteiger partial charge in [-0.3, -0.25) is 0 Å². The summed E-state index contributed by atoms with van der Waals surface area (Å²) in [6.45, 7) is 5.74. The van der Waals surface area contributed by atoms with E-state index in [-0.39, 0.29) is 18.4 Å². The summed E-state index contributed by atoms with van der Waals surface area (Å²) in [5.41, 5.74) is 2.35. The average Bonchev–Trinajstić information content (AvgIpc) is 2.89. The van der Waals surface area contributed by atoms with Crippen LogP contribution in [0.3, 0.4) is 0 Å². The summed E-state index contributed by atoms with van der Waals surface area (Å²) < 4.78 is 27.4. The Balaban J connectivity index is 0.00000200. The Morgan fingerprint density at radius 1 is 1.25 bits per heavy atom. The molecule has 1 atom stereocenters. The predicted octanol–water partition coefficient (Wildman–Crippen LogP) is 1.87. The summed E-state index contributed by atoms with van der Waals surface area (Å²) in [5, 5.41) is 3.16. The minimum atomic E-state index is -3.39. The van der Waals surface area contributed by atoms with Crippen molar-refractivity contribution in [2.24, 2.45) is 0 Å². The topological polar surface area (TPSA) is 58.2 Å². The molecular formula is C14H23ClN2O2S. The molecule has 1 aliphatic heterocycles. The van der Waals surface area contributed by atoms with Crippen molar-refractivity contribution in [2.75, 3.05) is 13.1 Å². The molecule has 2 rings (SSSR count). The molecule has 0 aliphatic carbocycles. The van der Waals surface area contributed by atoms with Crippen molar-refractivity contribution in [1.82, 2.24) is 10.0 Å². The first-order chi connectivity index (χ1) is 9.06. The Bertz CT molecular complexity index is 540. The van der Waals surface area contributed by atoms with Crippen molar-refractivity contribution in [3.63, 3.8) is 0 Å². The Morgan fingerprint density at radius 2 is 1.95 bits per heavy atom. The van der Waals surface area contributed by atoms with Gasteiger partial charge in [0, 0.05) is 12.6 Å². The summed E-state index contributed by atoms with van der Waals surface area (Å²) >= 11 is 0. The highest BCUT2D eigenvalue weighted by Gasteiger charge is 2.23. The number of aryl methyl sites for hydroxylation is 2. The SMILES string of the molecule is CCc1ccc(S(=O)(=O)NC2CCNC2)cc1CC.Cl. The molecule has 1 aliphatic rings. The van der Waals surface area contributed by atoms with Gasteiger partial charge in [0.2, 0.25) is 10.0 Å². The van der Waals surface area contributed by atoms with Crippen LogP contribution in [0.2, 0.25) is 0 Å². The van der Waals surface area contributed by atoms with Crippen LogP contribution in [0, 0.1) is 0 Å². The summed E-state index contributed by atoms with van der Waals surface area (Å²) in [6, 6.07) is 5.47.